The first-order chi connectivity index (χ1) is 18.0. The number of H-pyrrole nitrogens is 2. The Morgan fingerprint density at radius 2 is 1.46 bits per heavy atom. The lowest BCUT2D eigenvalue weighted by Crippen LogP contribution is -2.43. The van der Waals surface area contributed by atoms with Gasteiger partial charge < -0.3 is 20.2 Å². The topological polar surface area (TPSA) is 110 Å². The van der Waals surface area contributed by atoms with Crippen LogP contribution >= 0.6 is 0 Å². The van der Waals surface area contributed by atoms with Crippen LogP contribution in [-0.2, 0) is 29.7 Å². The summed E-state index contributed by atoms with van der Waals surface area (Å²) >= 11 is 0. The van der Waals surface area contributed by atoms with Gasteiger partial charge in [-0.25, -0.2) is 18.4 Å². The van der Waals surface area contributed by atoms with Gasteiger partial charge in [0.25, 0.3) is 0 Å². The fourth-order valence-electron chi connectivity index (χ4n) is 5.22. The van der Waals surface area contributed by atoms with E-state index in [9.17, 15) is 8.42 Å². The molecule has 0 aliphatic heterocycles. The van der Waals surface area contributed by atoms with Gasteiger partial charge in [0.15, 0.2) is 0 Å². The number of aromatic nitrogens is 4. The molecule has 3 aromatic rings. The van der Waals surface area contributed by atoms with Crippen LogP contribution in [0, 0.1) is 0 Å². The summed E-state index contributed by atoms with van der Waals surface area (Å²) < 4.78 is 28.4. The molecule has 0 bridgehead atoms. The molecule has 3 N–H and O–H groups in total. The molecule has 1 aromatic carbocycles. The maximum Gasteiger partial charge on any atom is 0.243 e. The Hall–Kier alpha value is -2.53. The number of nitrogens with zero attached hydrogens (tertiary/aromatic N) is 4. The molecule has 0 radical (unpaired) electrons. The summed E-state index contributed by atoms with van der Waals surface area (Å²) in [5.74, 6) is 1.16. The molecule has 1 saturated carbocycles. The average Bonchev–Trinajstić information content (AvgIpc) is 3.62. The molecule has 0 unspecified atom stereocenters. The third-order valence-electron chi connectivity index (χ3n) is 7.15. The van der Waals surface area contributed by atoms with E-state index in [0.29, 0.717) is 23.7 Å². The quantitative estimate of drug-likeness (QED) is 0.292. The summed E-state index contributed by atoms with van der Waals surface area (Å²) in [7, 11) is -3.74. The molecule has 37 heavy (non-hydrogen) atoms. The van der Waals surface area contributed by atoms with Crippen LogP contribution in [0.4, 0.5) is 0 Å². The largest absolute Gasteiger partial charge is 0.347 e. The second kappa shape index (κ2) is 13.3. The normalized spacial score (nSPS) is 18.6. The van der Waals surface area contributed by atoms with Gasteiger partial charge in [-0.05, 0) is 69.3 Å². The third kappa shape index (κ3) is 7.50. The molecule has 0 saturated heterocycles. The van der Waals surface area contributed by atoms with Crippen LogP contribution in [-0.4, -0.2) is 62.7 Å². The number of aromatic amines is 2. The molecular formula is C27H41N7O2S. The maximum absolute atomic E-state index is 13.5. The SMILES string of the molecule is CCCN(CCC)[C@H]1CC[C@H](NCc2ccc(S(=O)(=O)N(Cc3ncc[nH]3)Cc3ncc[nH]3)cc2)CC1. The number of nitrogens with one attached hydrogen (secondary N) is 3. The second-order valence-electron chi connectivity index (χ2n) is 9.91. The van der Waals surface area contributed by atoms with Gasteiger partial charge in [-0.1, -0.05) is 26.0 Å². The minimum absolute atomic E-state index is 0.135. The van der Waals surface area contributed by atoms with Gasteiger partial charge in [0.1, 0.15) is 11.6 Å². The summed E-state index contributed by atoms with van der Waals surface area (Å²) in [6, 6.07) is 8.46. The smallest absolute Gasteiger partial charge is 0.243 e. The van der Waals surface area contributed by atoms with Crippen molar-refractivity contribution in [3.8, 4) is 0 Å². The van der Waals surface area contributed by atoms with Gasteiger partial charge in [0.05, 0.1) is 18.0 Å². The van der Waals surface area contributed by atoms with Crippen LogP contribution < -0.4 is 5.32 Å². The van der Waals surface area contributed by atoms with Crippen LogP contribution in [0.2, 0.25) is 0 Å². The summed E-state index contributed by atoms with van der Waals surface area (Å²) in [5, 5.41) is 3.70. The molecule has 1 aliphatic rings. The van der Waals surface area contributed by atoms with Crippen LogP contribution in [0.5, 0.6) is 0 Å². The van der Waals surface area contributed by atoms with Crippen LogP contribution in [0.3, 0.4) is 0 Å². The molecule has 4 rings (SSSR count). The zero-order valence-corrected chi connectivity index (χ0v) is 22.9. The molecule has 0 atom stereocenters. The molecule has 202 valence electrons. The Balaban J connectivity index is 1.34. The van der Waals surface area contributed by atoms with Crippen molar-refractivity contribution in [2.45, 2.75) is 89.0 Å². The van der Waals surface area contributed by atoms with Gasteiger partial charge in [0.2, 0.25) is 10.0 Å². The molecule has 9 nitrogen and oxygen atoms in total. The third-order valence-corrected chi connectivity index (χ3v) is 8.96. The average molecular weight is 528 g/mol. The summed E-state index contributed by atoms with van der Waals surface area (Å²) in [6.45, 7) is 7.94. The van der Waals surface area contributed by atoms with Crippen LogP contribution in [0.25, 0.3) is 0 Å². The van der Waals surface area contributed by atoms with Gasteiger partial charge in [-0.2, -0.15) is 4.31 Å². The lowest BCUT2D eigenvalue weighted by Gasteiger charge is -2.37. The zero-order chi connectivity index (χ0) is 26.1. The highest BCUT2D eigenvalue weighted by molar-refractivity contribution is 7.89. The highest BCUT2D eigenvalue weighted by Gasteiger charge is 2.27. The predicted molar refractivity (Wildman–Crippen MR) is 145 cm³/mol. The van der Waals surface area contributed by atoms with E-state index in [-0.39, 0.29) is 18.0 Å². The van der Waals surface area contributed by atoms with E-state index >= 15 is 0 Å². The number of rotatable bonds is 14. The van der Waals surface area contributed by atoms with Crippen molar-refractivity contribution in [3.05, 3.63) is 66.3 Å². The molecule has 2 heterocycles. The molecule has 1 aliphatic carbocycles. The number of hydrogen-bond donors (Lipinski definition) is 3. The van der Waals surface area contributed by atoms with E-state index < -0.39 is 10.0 Å². The number of hydrogen-bond acceptors (Lipinski definition) is 6. The van der Waals surface area contributed by atoms with Crippen LogP contribution in [0.1, 0.15) is 69.6 Å². The Morgan fingerprint density at radius 1 is 0.892 bits per heavy atom. The lowest BCUT2D eigenvalue weighted by molar-refractivity contribution is 0.143. The molecule has 0 amide bonds. The first-order valence-electron chi connectivity index (χ1n) is 13.5. The van der Waals surface area contributed by atoms with Crippen molar-refractivity contribution in [3.63, 3.8) is 0 Å². The maximum atomic E-state index is 13.5. The number of sulfonamides is 1. The lowest BCUT2D eigenvalue weighted by atomic mass is 9.89. The Morgan fingerprint density at radius 3 is 1.95 bits per heavy atom. The number of imidazole rings is 2. The fraction of sp³-hybridized carbons (Fsp3) is 0.556. The monoisotopic (exact) mass is 527 g/mol. The van der Waals surface area contributed by atoms with Crippen molar-refractivity contribution < 1.29 is 8.42 Å². The van der Waals surface area contributed by atoms with Gasteiger partial charge in [-0.15, -0.1) is 0 Å². The minimum atomic E-state index is -3.74. The van der Waals surface area contributed by atoms with Crippen molar-refractivity contribution in [2.24, 2.45) is 0 Å². The van der Waals surface area contributed by atoms with Crippen molar-refractivity contribution >= 4 is 10.0 Å². The Kier molecular flexibility index (Phi) is 9.90. The molecule has 2 aromatic heterocycles. The van der Waals surface area contributed by atoms with Gasteiger partial charge in [0, 0.05) is 43.4 Å². The zero-order valence-electron chi connectivity index (χ0n) is 22.1. The van der Waals surface area contributed by atoms with E-state index in [1.54, 1.807) is 36.9 Å². The van der Waals surface area contributed by atoms with Gasteiger partial charge in [-0.3, -0.25) is 0 Å². The molecule has 1 fully saturated rings. The minimum Gasteiger partial charge on any atom is -0.347 e. The first-order valence-corrected chi connectivity index (χ1v) is 15.0. The Bertz CT molecular complexity index is 1100. The van der Waals surface area contributed by atoms with E-state index in [2.05, 4.69) is 44.0 Å². The van der Waals surface area contributed by atoms with E-state index in [1.807, 2.05) is 12.1 Å². The predicted octanol–water partition coefficient (Wildman–Crippen LogP) is 4.05. The summed E-state index contributed by atoms with van der Waals surface area (Å²) in [4.78, 5) is 17.3. The summed E-state index contributed by atoms with van der Waals surface area (Å²) in [6.07, 6.45) is 13.9. The fourth-order valence-corrected chi connectivity index (χ4v) is 6.58. The van der Waals surface area contributed by atoms with Crippen LogP contribution in [0.15, 0.2) is 53.9 Å². The van der Waals surface area contributed by atoms with Crippen molar-refractivity contribution in [1.82, 2.24) is 34.5 Å². The summed E-state index contributed by atoms with van der Waals surface area (Å²) in [5.41, 5.74) is 1.09. The van der Waals surface area contributed by atoms with Gasteiger partial charge >= 0.3 is 0 Å². The van der Waals surface area contributed by atoms with Crippen molar-refractivity contribution in [1.29, 1.82) is 0 Å². The molecular weight excluding hydrogens is 486 g/mol. The standard InChI is InChI=1S/C27H41N7O2S/c1-3-17-33(18-4-2)24-9-7-23(8-10-24)32-19-22-5-11-25(12-6-22)37(35,36)34(20-26-28-13-14-29-26)21-27-30-15-16-31-27/h5-6,11-16,23-24,32H,3-4,7-10,17-21H2,1-2H3,(H,28,29)(H,30,31)/t23-,24-. The molecule has 10 heteroatoms. The first kappa shape index (κ1) is 27.5. The number of benzene rings is 1. The second-order valence-corrected chi connectivity index (χ2v) is 11.8. The Labute approximate surface area is 221 Å². The van der Waals surface area contributed by atoms with Crippen molar-refractivity contribution in [2.75, 3.05) is 13.1 Å². The van der Waals surface area contributed by atoms with E-state index in [0.717, 1.165) is 12.1 Å². The molecule has 0 spiro atoms. The van der Waals surface area contributed by atoms with E-state index in [4.69, 9.17) is 0 Å². The highest BCUT2D eigenvalue weighted by atomic mass is 32.2. The van der Waals surface area contributed by atoms with E-state index in [1.165, 1.54) is 55.9 Å². The highest BCUT2D eigenvalue weighted by Crippen LogP contribution is 2.25.